The molecule has 1 unspecified atom stereocenters. The van der Waals surface area contributed by atoms with Crippen LogP contribution in [0.25, 0.3) is 11.2 Å². The molecule has 2 aromatic heterocycles. The number of thioether (sulfide) groups is 1. The van der Waals surface area contributed by atoms with Gasteiger partial charge in [-0.15, -0.1) is 0 Å². The maximum absolute atomic E-state index is 11.9. The van der Waals surface area contributed by atoms with E-state index in [0.29, 0.717) is 22.7 Å². The van der Waals surface area contributed by atoms with Crippen molar-refractivity contribution in [1.29, 1.82) is 0 Å². The first-order valence-electron chi connectivity index (χ1n) is 9.48. The summed E-state index contributed by atoms with van der Waals surface area (Å²) in [5.74, 6) is 0.648. The second-order valence-electron chi connectivity index (χ2n) is 7.46. The maximum Gasteiger partial charge on any atom is 0.319 e. The quantitative estimate of drug-likeness (QED) is 0.395. The fourth-order valence-electron chi connectivity index (χ4n) is 2.82. The third-order valence-corrected chi connectivity index (χ3v) is 6.68. The number of nitrogens with two attached hydrogens (primary N) is 1. The van der Waals surface area contributed by atoms with Gasteiger partial charge in [-0.3, -0.25) is 13.9 Å². The van der Waals surface area contributed by atoms with Crippen molar-refractivity contribution in [3.8, 4) is 0 Å². The first-order chi connectivity index (χ1) is 14.3. The Hall–Kier alpha value is -1.56. The van der Waals surface area contributed by atoms with Gasteiger partial charge in [0.1, 0.15) is 18.1 Å². The molecule has 3 atom stereocenters. The van der Waals surface area contributed by atoms with Gasteiger partial charge >= 0.3 is 8.25 Å². The molecule has 3 N–H and O–H groups in total. The van der Waals surface area contributed by atoms with Crippen molar-refractivity contribution < 1.29 is 28.3 Å². The Labute approximate surface area is 178 Å². The van der Waals surface area contributed by atoms with Gasteiger partial charge in [-0.05, 0) is 26.7 Å². The molecular formula is C17H26N5O6PS. The standard InChI is InChI=1S/C17H26N5O6PS/c1-17(2,8-23)16(24)30-6-5-26-29(25)27-7-11-3-4-12(28-11)22-10-21-13-14(18)19-9-20-15(13)22/h9-12,23,29H,3-8H2,1-2H3,(H2,18,19,20)/t11-,12+/m0/s1. The Kier molecular flexibility index (Phi) is 7.83. The van der Waals surface area contributed by atoms with Crippen LogP contribution in [0, 0.1) is 5.41 Å². The summed E-state index contributed by atoms with van der Waals surface area (Å²) in [6.45, 7) is 3.36. The molecule has 0 aliphatic carbocycles. The number of aliphatic hydroxyl groups is 1. The molecule has 30 heavy (non-hydrogen) atoms. The molecule has 0 bridgehead atoms. The first-order valence-corrected chi connectivity index (χ1v) is 11.7. The van der Waals surface area contributed by atoms with Crippen LogP contribution >= 0.6 is 20.0 Å². The van der Waals surface area contributed by atoms with Crippen LogP contribution in [0.4, 0.5) is 5.82 Å². The van der Waals surface area contributed by atoms with Gasteiger partial charge < -0.3 is 24.6 Å². The average molecular weight is 459 g/mol. The lowest BCUT2D eigenvalue weighted by Crippen LogP contribution is -2.26. The van der Waals surface area contributed by atoms with E-state index in [2.05, 4.69) is 15.0 Å². The summed E-state index contributed by atoms with van der Waals surface area (Å²) in [6, 6.07) is 0. The summed E-state index contributed by atoms with van der Waals surface area (Å²) >= 11 is 1.04. The van der Waals surface area contributed by atoms with Crippen LogP contribution in [0.15, 0.2) is 12.7 Å². The fraction of sp³-hybridized carbons (Fsp3) is 0.647. The summed E-state index contributed by atoms with van der Waals surface area (Å²) in [4.78, 5) is 24.2. The van der Waals surface area contributed by atoms with Gasteiger partial charge in [-0.1, -0.05) is 11.8 Å². The van der Waals surface area contributed by atoms with Crippen LogP contribution in [0.5, 0.6) is 0 Å². The summed E-state index contributed by atoms with van der Waals surface area (Å²) in [7, 11) is -2.69. The van der Waals surface area contributed by atoms with E-state index in [1.807, 2.05) is 0 Å². The second kappa shape index (κ2) is 10.2. The summed E-state index contributed by atoms with van der Waals surface area (Å²) in [6.07, 6.45) is 3.95. The zero-order chi connectivity index (χ0) is 21.7. The van der Waals surface area contributed by atoms with Crippen molar-refractivity contribution in [3.63, 3.8) is 0 Å². The molecule has 11 nitrogen and oxygen atoms in total. The number of hydrogen-bond donors (Lipinski definition) is 2. The van der Waals surface area contributed by atoms with Gasteiger partial charge in [-0.25, -0.2) is 15.0 Å². The highest BCUT2D eigenvalue weighted by Crippen LogP contribution is 2.33. The van der Waals surface area contributed by atoms with Crippen molar-refractivity contribution in [1.82, 2.24) is 19.5 Å². The predicted octanol–water partition coefficient (Wildman–Crippen LogP) is 1.79. The molecule has 3 heterocycles. The Bertz CT molecular complexity index is 910. The minimum absolute atomic E-state index is 0.117. The Morgan fingerprint density at radius 2 is 2.20 bits per heavy atom. The topological polar surface area (TPSA) is 152 Å². The average Bonchev–Trinajstić information content (AvgIpc) is 3.36. The van der Waals surface area contributed by atoms with E-state index in [4.69, 9.17) is 24.6 Å². The fourth-order valence-corrected chi connectivity index (χ4v) is 4.45. The Balaban J connectivity index is 1.38. The van der Waals surface area contributed by atoms with E-state index in [-0.39, 0.29) is 37.3 Å². The molecule has 0 aromatic carbocycles. The number of rotatable bonds is 10. The number of hydrogen-bond acceptors (Lipinski definition) is 11. The van der Waals surface area contributed by atoms with Gasteiger partial charge in [0.25, 0.3) is 0 Å². The van der Waals surface area contributed by atoms with E-state index < -0.39 is 13.7 Å². The first kappa shape index (κ1) is 23.1. The van der Waals surface area contributed by atoms with Crippen LogP contribution in [0.1, 0.15) is 32.9 Å². The summed E-state index contributed by atoms with van der Waals surface area (Å²) in [5.41, 5.74) is 6.13. The van der Waals surface area contributed by atoms with E-state index in [0.717, 1.165) is 24.6 Å². The molecule has 3 rings (SSSR count). The lowest BCUT2D eigenvalue weighted by atomic mass is 9.97. The molecule has 1 aliphatic rings. The van der Waals surface area contributed by atoms with Gasteiger partial charge in [0.2, 0.25) is 0 Å². The van der Waals surface area contributed by atoms with E-state index in [1.54, 1.807) is 24.7 Å². The normalized spacial score (nSPS) is 20.6. The Morgan fingerprint density at radius 3 is 2.97 bits per heavy atom. The number of carbonyl (C=O) groups is 1. The highest BCUT2D eigenvalue weighted by Gasteiger charge is 2.29. The van der Waals surface area contributed by atoms with Crippen molar-refractivity contribution >= 4 is 42.1 Å². The zero-order valence-electron chi connectivity index (χ0n) is 16.8. The number of nitrogens with zero attached hydrogens (tertiary/aromatic N) is 4. The van der Waals surface area contributed by atoms with Crippen LogP contribution in [-0.2, 0) is 23.1 Å². The molecular weight excluding hydrogens is 433 g/mol. The number of aliphatic hydroxyl groups excluding tert-OH is 1. The van der Waals surface area contributed by atoms with Gasteiger partial charge in [0, 0.05) is 5.75 Å². The number of fused-ring (bicyclic) bond motifs is 1. The molecule has 2 aromatic rings. The number of ether oxygens (including phenoxy) is 1. The number of carbonyl (C=O) groups excluding carboxylic acids is 1. The highest BCUT2D eigenvalue weighted by atomic mass is 32.2. The smallest absolute Gasteiger partial charge is 0.319 e. The number of imidazole rings is 1. The Morgan fingerprint density at radius 1 is 1.40 bits per heavy atom. The molecule has 166 valence electrons. The third-order valence-electron chi connectivity index (χ3n) is 4.65. The minimum Gasteiger partial charge on any atom is -0.395 e. The monoisotopic (exact) mass is 459 g/mol. The number of anilines is 1. The van der Waals surface area contributed by atoms with Crippen molar-refractivity contribution in [3.05, 3.63) is 12.7 Å². The van der Waals surface area contributed by atoms with Gasteiger partial charge in [-0.2, -0.15) is 0 Å². The molecule has 0 amide bonds. The molecule has 1 saturated heterocycles. The maximum atomic E-state index is 11.9. The van der Waals surface area contributed by atoms with Crippen molar-refractivity contribution in [2.24, 2.45) is 5.41 Å². The summed E-state index contributed by atoms with van der Waals surface area (Å²) < 4.78 is 30.1. The molecule has 13 heteroatoms. The lowest BCUT2D eigenvalue weighted by Gasteiger charge is -2.18. The van der Waals surface area contributed by atoms with E-state index >= 15 is 0 Å². The lowest BCUT2D eigenvalue weighted by molar-refractivity contribution is -0.119. The van der Waals surface area contributed by atoms with Crippen LogP contribution < -0.4 is 5.73 Å². The van der Waals surface area contributed by atoms with E-state index in [9.17, 15) is 9.36 Å². The number of nitrogen functional groups attached to an aromatic ring is 1. The zero-order valence-corrected chi connectivity index (χ0v) is 18.6. The van der Waals surface area contributed by atoms with Crippen LogP contribution in [-0.4, -0.2) is 61.4 Å². The molecule has 0 spiro atoms. The molecule has 0 saturated carbocycles. The minimum atomic E-state index is -2.69. The largest absolute Gasteiger partial charge is 0.395 e. The summed E-state index contributed by atoms with van der Waals surface area (Å²) in [5, 5.41) is 9.03. The molecule has 0 radical (unpaired) electrons. The second-order valence-corrected chi connectivity index (χ2v) is 9.61. The van der Waals surface area contributed by atoms with Crippen LogP contribution in [0.3, 0.4) is 0 Å². The van der Waals surface area contributed by atoms with Crippen molar-refractivity contribution in [2.45, 2.75) is 39.0 Å². The van der Waals surface area contributed by atoms with Crippen molar-refractivity contribution in [2.75, 3.05) is 31.3 Å². The number of aromatic nitrogens is 4. The van der Waals surface area contributed by atoms with Gasteiger partial charge in [0.05, 0.1) is 37.7 Å². The van der Waals surface area contributed by atoms with Crippen LogP contribution in [0.2, 0.25) is 0 Å². The molecule has 1 fully saturated rings. The highest BCUT2D eigenvalue weighted by molar-refractivity contribution is 8.13. The third kappa shape index (κ3) is 5.57. The van der Waals surface area contributed by atoms with Gasteiger partial charge in [0.15, 0.2) is 16.6 Å². The SMILES string of the molecule is CC(C)(CO)C(=O)SCCO[PH](=O)OC[C@@H]1CC[C@H](n2cnc3c(N)ncnc32)O1. The molecule has 1 aliphatic heterocycles. The van der Waals surface area contributed by atoms with E-state index in [1.165, 1.54) is 6.33 Å². The predicted molar refractivity (Wildman–Crippen MR) is 112 cm³/mol.